The molecule has 1 atom stereocenters. The molecular weight excluding hydrogens is 382 g/mol. The van der Waals surface area contributed by atoms with Gasteiger partial charge in [-0.3, -0.25) is 9.59 Å². The standard InChI is InChI=1S/C20H23NO6S/c1-26-10-9-21(16-8-11-28(24,25)14-16)20(23)13-27-19-7-6-15-4-2-3-5-17(15)18(19)12-22/h2-7,12,16H,8-11,13-14H2,1H3/t16-/m0/s1. The van der Waals surface area contributed by atoms with Gasteiger partial charge in [0, 0.05) is 19.7 Å². The van der Waals surface area contributed by atoms with Crippen molar-refractivity contribution in [2.45, 2.75) is 12.5 Å². The van der Waals surface area contributed by atoms with Crippen LogP contribution in [0.3, 0.4) is 0 Å². The summed E-state index contributed by atoms with van der Waals surface area (Å²) in [5.41, 5.74) is 0.387. The lowest BCUT2D eigenvalue weighted by Crippen LogP contribution is -2.45. The Bertz CT molecular complexity index is 972. The number of rotatable bonds is 8. The molecule has 1 aliphatic heterocycles. The number of ether oxygens (including phenoxy) is 2. The maximum absolute atomic E-state index is 12.7. The first kappa shape index (κ1) is 20.3. The number of hydrogen-bond donors (Lipinski definition) is 0. The average Bonchev–Trinajstić information content (AvgIpc) is 3.05. The lowest BCUT2D eigenvalue weighted by atomic mass is 10.0. The first-order chi connectivity index (χ1) is 13.4. The maximum atomic E-state index is 12.7. The zero-order chi connectivity index (χ0) is 20.1. The van der Waals surface area contributed by atoms with Gasteiger partial charge in [0.05, 0.1) is 23.7 Å². The van der Waals surface area contributed by atoms with E-state index in [2.05, 4.69) is 0 Å². The first-order valence-electron chi connectivity index (χ1n) is 9.04. The molecule has 0 saturated carbocycles. The van der Waals surface area contributed by atoms with Gasteiger partial charge in [-0.2, -0.15) is 0 Å². The van der Waals surface area contributed by atoms with Crippen molar-refractivity contribution >= 4 is 32.8 Å². The number of nitrogens with zero attached hydrogens (tertiary/aromatic N) is 1. The fourth-order valence-electron chi connectivity index (χ4n) is 3.47. The Morgan fingerprint density at radius 1 is 1.25 bits per heavy atom. The molecule has 2 aromatic carbocycles. The molecule has 0 aromatic heterocycles. The summed E-state index contributed by atoms with van der Waals surface area (Å²) in [5.74, 6) is 0.0322. The van der Waals surface area contributed by atoms with Gasteiger partial charge in [0.2, 0.25) is 0 Å². The van der Waals surface area contributed by atoms with Crippen molar-refractivity contribution in [1.82, 2.24) is 4.90 Å². The number of carbonyl (C=O) groups is 2. The van der Waals surface area contributed by atoms with Crippen LogP contribution in [0.2, 0.25) is 0 Å². The number of fused-ring (bicyclic) bond motifs is 1. The Labute approximate surface area is 164 Å². The molecule has 0 radical (unpaired) electrons. The Morgan fingerprint density at radius 3 is 2.71 bits per heavy atom. The van der Waals surface area contributed by atoms with E-state index in [9.17, 15) is 18.0 Å². The third-order valence-electron chi connectivity index (χ3n) is 4.91. The molecule has 150 valence electrons. The quantitative estimate of drug-likeness (QED) is 0.621. The number of methoxy groups -OCH3 is 1. The van der Waals surface area contributed by atoms with E-state index in [0.717, 1.165) is 10.8 Å². The van der Waals surface area contributed by atoms with E-state index in [-0.39, 0.29) is 36.6 Å². The van der Waals surface area contributed by atoms with Crippen molar-refractivity contribution in [2.75, 3.05) is 38.4 Å². The van der Waals surface area contributed by atoms with Crippen LogP contribution in [0.15, 0.2) is 36.4 Å². The molecular formula is C20H23NO6S. The van der Waals surface area contributed by atoms with Crippen molar-refractivity contribution in [3.8, 4) is 5.75 Å². The monoisotopic (exact) mass is 405 g/mol. The van der Waals surface area contributed by atoms with Gasteiger partial charge >= 0.3 is 0 Å². The minimum absolute atomic E-state index is 0.0436. The number of hydrogen-bond acceptors (Lipinski definition) is 6. The highest BCUT2D eigenvalue weighted by Crippen LogP contribution is 2.27. The zero-order valence-corrected chi connectivity index (χ0v) is 16.5. The van der Waals surface area contributed by atoms with Crippen LogP contribution in [-0.4, -0.2) is 69.9 Å². The van der Waals surface area contributed by atoms with Gasteiger partial charge in [0.1, 0.15) is 5.75 Å². The van der Waals surface area contributed by atoms with E-state index in [1.54, 1.807) is 6.07 Å². The molecule has 1 aliphatic rings. The Balaban J connectivity index is 1.75. The van der Waals surface area contributed by atoms with E-state index >= 15 is 0 Å². The van der Waals surface area contributed by atoms with Crippen LogP contribution in [0.5, 0.6) is 5.75 Å². The molecule has 0 spiro atoms. The lowest BCUT2D eigenvalue weighted by molar-refractivity contribution is -0.136. The molecule has 7 nitrogen and oxygen atoms in total. The number of amides is 1. The molecule has 0 bridgehead atoms. The van der Waals surface area contributed by atoms with Crippen LogP contribution >= 0.6 is 0 Å². The van der Waals surface area contributed by atoms with Crippen molar-refractivity contribution < 1.29 is 27.5 Å². The Hall–Kier alpha value is -2.45. The van der Waals surface area contributed by atoms with E-state index in [0.29, 0.717) is 30.6 Å². The molecule has 2 aromatic rings. The summed E-state index contributed by atoms with van der Waals surface area (Å²) >= 11 is 0. The molecule has 0 aliphatic carbocycles. The van der Waals surface area contributed by atoms with Gasteiger partial charge in [-0.05, 0) is 23.3 Å². The Kier molecular flexibility index (Phi) is 6.31. The fourth-order valence-corrected chi connectivity index (χ4v) is 5.20. The smallest absolute Gasteiger partial charge is 0.260 e. The summed E-state index contributed by atoms with van der Waals surface area (Å²) < 4.78 is 34.3. The summed E-state index contributed by atoms with van der Waals surface area (Å²) in [5, 5.41) is 1.65. The predicted octanol–water partition coefficient (Wildman–Crippen LogP) is 1.69. The van der Waals surface area contributed by atoms with Crippen LogP contribution in [0.1, 0.15) is 16.8 Å². The molecule has 0 N–H and O–H groups in total. The first-order valence-corrected chi connectivity index (χ1v) is 10.9. The van der Waals surface area contributed by atoms with Crippen LogP contribution < -0.4 is 4.74 Å². The van der Waals surface area contributed by atoms with Crippen molar-refractivity contribution in [2.24, 2.45) is 0 Å². The van der Waals surface area contributed by atoms with Crippen LogP contribution in [-0.2, 0) is 19.4 Å². The highest BCUT2D eigenvalue weighted by molar-refractivity contribution is 7.91. The summed E-state index contributed by atoms with van der Waals surface area (Å²) in [6.45, 7) is 0.314. The number of carbonyl (C=O) groups excluding carboxylic acids is 2. The maximum Gasteiger partial charge on any atom is 0.260 e. The fraction of sp³-hybridized carbons (Fsp3) is 0.400. The number of aldehydes is 1. The number of sulfone groups is 1. The average molecular weight is 405 g/mol. The molecule has 1 fully saturated rings. The molecule has 1 amide bonds. The third kappa shape index (κ3) is 4.51. The van der Waals surface area contributed by atoms with Crippen LogP contribution in [0.4, 0.5) is 0 Å². The second-order valence-electron chi connectivity index (χ2n) is 6.74. The summed E-state index contributed by atoms with van der Waals surface area (Å²) in [4.78, 5) is 25.8. The van der Waals surface area contributed by atoms with Gasteiger partial charge in [0.15, 0.2) is 22.7 Å². The second kappa shape index (κ2) is 8.70. The minimum Gasteiger partial charge on any atom is -0.483 e. The summed E-state index contributed by atoms with van der Waals surface area (Å²) in [6.07, 6.45) is 1.13. The zero-order valence-electron chi connectivity index (χ0n) is 15.7. The molecule has 3 rings (SSSR count). The largest absolute Gasteiger partial charge is 0.483 e. The second-order valence-corrected chi connectivity index (χ2v) is 8.97. The molecule has 28 heavy (non-hydrogen) atoms. The van der Waals surface area contributed by atoms with E-state index in [4.69, 9.17) is 9.47 Å². The van der Waals surface area contributed by atoms with Gasteiger partial charge in [-0.1, -0.05) is 30.3 Å². The van der Waals surface area contributed by atoms with Crippen LogP contribution in [0, 0.1) is 0 Å². The molecule has 1 saturated heterocycles. The highest BCUT2D eigenvalue weighted by Gasteiger charge is 2.34. The third-order valence-corrected chi connectivity index (χ3v) is 6.66. The van der Waals surface area contributed by atoms with Gasteiger partial charge in [-0.25, -0.2) is 8.42 Å². The van der Waals surface area contributed by atoms with Crippen molar-refractivity contribution in [3.63, 3.8) is 0 Å². The van der Waals surface area contributed by atoms with Crippen LogP contribution in [0.25, 0.3) is 10.8 Å². The van der Waals surface area contributed by atoms with Gasteiger partial charge in [0.25, 0.3) is 5.91 Å². The van der Waals surface area contributed by atoms with Gasteiger partial charge < -0.3 is 14.4 Å². The number of benzene rings is 2. The van der Waals surface area contributed by atoms with E-state index < -0.39 is 9.84 Å². The Morgan fingerprint density at radius 2 is 2.04 bits per heavy atom. The normalized spacial score (nSPS) is 18.1. The minimum atomic E-state index is -3.12. The van der Waals surface area contributed by atoms with E-state index in [1.807, 2.05) is 30.3 Å². The SMILES string of the molecule is COCCN(C(=O)COc1ccc2ccccc2c1C=O)[C@H]1CCS(=O)(=O)C1. The topological polar surface area (TPSA) is 90.0 Å². The van der Waals surface area contributed by atoms with Crippen molar-refractivity contribution in [1.29, 1.82) is 0 Å². The summed E-state index contributed by atoms with van der Waals surface area (Å²) in [7, 11) is -1.60. The lowest BCUT2D eigenvalue weighted by Gasteiger charge is -2.28. The van der Waals surface area contributed by atoms with Crippen molar-refractivity contribution in [3.05, 3.63) is 42.0 Å². The molecule has 8 heteroatoms. The molecule has 0 unspecified atom stereocenters. The molecule has 1 heterocycles. The predicted molar refractivity (Wildman–Crippen MR) is 105 cm³/mol. The highest BCUT2D eigenvalue weighted by atomic mass is 32.2. The van der Waals surface area contributed by atoms with E-state index in [1.165, 1.54) is 12.0 Å². The summed E-state index contributed by atoms with van der Waals surface area (Å²) in [6, 6.07) is 10.5. The van der Waals surface area contributed by atoms with Gasteiger partial charge in [-0.15, -0.1) is 0 Å².